The Hall–Kier alpha value is -5.25. The topological polar surface area (TPSA) is 142 Å². The van der Waals surface area contributed by atoms with Crippen LogP contribution in [0.15, 0.2) is 84.4 Å². The molecule has 2 N–H and O–H groups in total. The molecule has 3 aromatic rings. The Morgan fingerprint density at radius 1 is 0.867 bits per heavy atom. The summed E-state index contributed by atoms with van der Waals surface area (Å²) in [7, 11) is 1.43. The summed E-state index contributed by atoms with van der Waals surface area (Å²) in [6.07, 6.45) is 2.34. The Morgan fingerprint density at radius 2 is 1.60 bits per heavy atom. The molecule has 6 atom stereocenters. The predicted octanol–water partition coefficient (Wildman–Crippen LogP) is 4.53. The Labute approximate surface area is 258 Å². The maximum Gasteiger partial charge on any atom is 0.335 e. The molecule has 3 aromatic carbocycles. The van der Waals surface area contributed by atoms with Crippen LogP contribution in [0.4, 0.5) is 11.4 Å². The lowest BCUT2D eigenvalue weighted by molar-refractivity contribution is -0.131. The Kier molecular flexibility index (Phi) is 6.43. The van der Waals surface area contributed by atoms with Crippen LogP contribution in [-0.4, -0.2) is 46.9 Å². The molecule has 2 heterocycles. The fourth-order valence-corrected chi connectivity index (χ4v) is 8.14. The zero-order valence-electron chi connectivity index (χ0n) is 24.5. The minimum absolute atomic E-state index is 0.0503. The Balaban J connectivity index is 1.36. The van der Waals surface area contributed by atoms with Crippen molar-refractivity contribution in [2.24, 2.45) is 29.1 Å². The molecule has 10 nitrogen and oxygen atoms in total. The number of aromatic hydroxyl groups is 1. The number of anilines is 2. The van der Waals surface area contributed by atoms with Gasteiger partial charge in [-0.2, -0.15) is 0 Å². The summed E-state index contributed by atoms with van der Waals surface area (Å²) >= 11 is 0. The highest BCUT2D eigenvalue weighted by molar-refractivity contribution is 6.25. The summed E-state index contributed by atoms with van der Waals surface area (Å²) in [6, 6.07) is 19.3. The number of phenols is 1. The first-order valence-electron chi connectivity index (χ1n) is 14.8. The van der Waals surface area contributed by atoms with E-state index >= 15 is 0 Å². The van der Waals surface area contributed by atoms with Gasteiger partial charge in [-0.3, -0.25) is 24.1 Å². The lowest BCUT2D eigenvalue weighted by atomic mass is 9.51. The number of ether oxygens (including phenoxy) is 1. The van der Waals surface area contributed by atoms with Gasteiger partial charge in [0.25, 0.3) is 0 Å². The number of carboxylic acids is 1. The number of carbonyl (C=O) groups excluding carboxylic acids is 4. The fraction of sp³-hybridized carbons (Fsp3) is 0.286. The van der Waals surface area contributed by atoms with Crippen molar-refractivity contribution in [3.8, 4) is 11.5 Å². The number of allylic oxidation sites excluding steroid dienone is 2. The van der Waals surface area contributed by atoms with Gasteiger partial charge in [-0.15, -0.1) is 0 Å². The first kappa shape index (κ1) is 28.5. The number of carbonyl (C=O) groups is 5. The molecule has 4 aliphatic rings. The van der Waals surface area contributed by atoms with Gasteiger partial charge in [0.15, 0.2) is 11.5 Å². The van der Waals surface area contributed by atoms with Crippen molar-refractivity contribution >= 4 is 41.0 Å². The van der Waals surface area contributed by atoms with Crippen LogP contribution in [0.1, 0.15) is 41.6 Å². The number of nitrogens with zero attached hydrogens (tertiary/aromatic N) is 2. The molecule has 0 spiro atoms. The van der Waals surface area contributed by atoms with E-state index in [-0.39, 0.29) is 47.4 Å². The highest BCUT2D eigenvalue weighted by Crippen LogP contribution is 2.64. The van der Waals surface area contributed by atoms with Crippen molar-refractivity contribution in [1.82, 2.24) is 0 Å². The van der Waals surface area contributed by atoms with Crippen LogP contribution in [0.5, 0.6) is 11.5 Å². The van der Waals surface area contributed by atoms with Gasteiger partial charge in [0.05, 0.1) is 47.2 Å². The van der Waals surface area contributed by atoms with Crippen LogP contribution in [0.2, 0.25) is 0 Å². The van der Waals surface area contributed by atoms with Crippen molar-refractivity contribution in [2.45, 2.75) is 25.7 Å². The molecule has 6 unspecified atom stereocenters. The van der Waals surface area contributed by atoms with E-state index in [2.05, 4.69) is 0 Å². The molecular weight excluding hydrogens is 576 g/mol. The minimum atomic E-state index is -1.25. The maximum atomic E-state index is 14.4. The molecule has 3 fully saturated rings. The third kappa shape index (κ3) is 3.97. The standard InChI is InChI=1S/C35H30N2O8/c1-35-25(31(40)37(34(35)44)20-8-4-3-5-9-20)17-24-22(29(35)18-11-14-27(45-2)26(38)16-18)12-13-23-28(24)32(41)36(30(23)39)21-10-6-7-19(15-21)33(42)43/h3-12,14-16,23-25,28-29,38H,13,17H2,1-2H3,(H,42,43). The zero-order valence-corrected chi connectivity index (χ0v) is 24.5. The third-order valence-electron chi connectivity index (χ3n) is 10.2. The number of amides is 4. The van der Waals surface area contributed by atoms with E-state index in [1.807, 2.05) is 6.08 Å². The largest absolute Gasteiger partial charge is 0.504 e. The molecule has 0 radical (unpaired) electrons. The smallest absolute Gasteiger partial charge is 0.335 e. The number of imide groups is 2. The van der Waals surface area contributed by atoms with Crippen LogP contribution in [0.25, 0.3) is 0 Å². The Morgan fingerprint density at radius 3 is 2.29 bits per heavy atom. The van der Waals surface area contributed by atoms with Crippen LogP contribution in [0, 0.1) is 29.1 Å². The number of carboxylic acid groups (broad SMARTS) is 1. The van der Waals surface area contributed by atoms with Crippen molar-refractivity contribution < 1.29 is 38.9 Å². The van der Waals surface area contributed by atoms with E-state index in [0.29, 0.717) is 11.3 Å². The molecule has 45 heavy (non-hydrogen) atoms. The van der Waals surface area contributed by atoms with Gasteiger partial charge in [-0.1, -0.05) is 42.0 Å². The zero-order chi connectivity index (χ0) is 31.8. The first-order valence-corrected chi connectivity index (χ1v) is 14.8. The number of phenolic OH excluding ortho intramolecular Hbond substituents is 1. The molecule has 2 saturated heterocycles. The highest BCUT2D eigenvalue weighted by atomic mass is 16.5. The van der Waals surface area contributed by atoms with Gasteiger partial charge in [0.1, 0.15) is 0 Å². The predicted molar refractivity (Wildman–Crippen MR) is 162 cm³/mol. The molecular formula is C35H30N2O8. The van der Waals surface area contributed by atoms with Gasteiger partial charge >= 0.3 is 5.97 Å². The van der Waals surface area contributed by atoms with E-state index in [0.717, 1.165) is 10.5 Å². The van der Waals surface area contributed by atoms with E-state index in [9.17, 15) is 34.2 Å². The van der Waals surface area contributed by atoms with Gasteiger partial charge in [-0.05, 0) is 73.7 Å². The molecule has 0 bridgehead atoms. The second-order valence-corrected chi connectivity index (χ2v) is 12.3. The second kappa shape index (κ2) is 10.2. The number of aromatic carboxylic acids is 1. The first-order chi connectivity index (χ1) is 21.6. The summed E-state index contributed by atoms with van der Waals surface area (Å²) in [5.74, 6) is -6.23. The van der Waals surface area contributed by atoms with Crippen LogP contribution in [0.3, 0.4) is 0 Å². The molecule has 1 saturated carbocycles. The summed E-state index contributed by atoms with van der Waals surface area (Å²) in [4.78, 5) is 70.5. The molecule has 4 amide bonds. The molecule has 228 valence electrons. The fourth-order valence-electron chi connectivity index (χ4n) is 8.14. The lowest BCUT2D eigenvalue weighted by Gasteiger charge is -2.49. The van der Waals surface area contributed by atoms with Gasteiger partial charge in [-0.25, -0.2) is 9.69 Å². The molecule has 0 aromatic heterocycles. The number of benzene rings is 3. The van der Waals surface area contributed by atoms with Crippen LogP contribution >= 0.6 is 0 Å². The van der Waals surface area contributed by atoms with Gasteiger partial charge < -0.3 is 14.9 Å². The number of rotatable bonds is 5. The summed E-state index contributed by atoms with van der Waals surface area (Å²) in [5, 5.41) is 20.3. The Bertz CT molecular complexity index is 1830. The number of hydrogen-bond donors (Lipinski definition) is 2. The van der Waals surface area contributed by atoms with E-state index in [1.165, 1.54) is 42.3 Å². The molecule has 10 heteroatoms. The average Bonchev–Trinajstić information content (AvgIpc) is 3.40. The lowest BCUT2D eigenvalue weighted by Crippen LogP contribution is -2.48. The van der Waals surface area contributed by atoms with Gasteiger partial charge in [0, 0.05) is 5.92 Å². The number of para-hydroxylation sites is 1. The van der Waals surface area contributed by atoms with E-state index < -0.39 is 52.8 Å². The monoisotopic (exact) mass is 606 g/mol. The molecule has 2 aliphatic heterocycles. The quantitative estimate of drug-likeness (QED) is 0.319. The average molecular weight is 607 g/mol. The maximum absolute atomic E-state index is 14.4. The van der Waals surface area contributed by atoms with E-state index in [1.54, 1.807) is 49.4 Å². The molecule has 7 rings (SSSR count). The minimum Gasteiger partial charge on any atom is -0.504 e. The van der Waals surface area contributed by atoms with Crippen molar-refractivity contribution in [3.05, 3.63) is 95.6 Å². The van der Waals surface area contributed by atoms with Crippen LogP contribution < -0.4 is 14.5 Å². The van der Waals surface area contributed by atoms with Crippen LogP contribution in [-0.2, 0) is 19.2 Å². The number of fused-ring (bicyclic) bond motifs is 4. The summed E-state index contributed by atoms with van der Waals surface area (Å²) in [5.41, 5.74) is 0.702. The summed E-state index contributed by atoms with van der Waals surface area (Å²) in [6.45, 7) is 1.78. The highest BCUT2D eigenvalue weighted by Gasteiger charge is 2.67. The van der Waals surface area contributed by atoms with Gasteiger partial charge in [0.2, 0.25) is 23.6 Å². The third-order valence-corrected chi connectivity index (χ3v) is 10.2. The number of methoxy groups -OCH3 is 1. The molecule has 2 aliphatic carbocycles. The van der Waals surface area contributed by atoms with E-state index in [4.69, 9.17) is 4.74 Å². The van der Waals surface area contributed by atoms with Crippen molar-refractivity contribution in [1.29, 1.82) is 0 Å². The van der Waals surface area contributed by atoms with Crippen molar-refractivity contribution in [3.63, 3.8) is 0 Å². The second-order valence-electron chi connectivity index (χ2n) is 12.3. The van der Waals surface area contributed by atoms with Crippen molar-refractivity contribution in [2.75, 3.05) is 16.9 Å². The normalized spacial score (nSPS) is 28.8. The number of hydrogen-bond acceptors (Lipinski definition) is 7. The SMILES string of the molecule is COc1ccc(C2C3=CCC4C(=O)N(c5cccc(C(=O)O)c5)C(=O)C4C3CC3C(=O)N(c4ccccc4)C(=O)C32C)cc1O. The summed E-state index contributed by atoms with van der Waals surface area (Å²) < 4.78 is 5.26.